The molecule has 0 radical (unpaired) electrons. The first-order valence-corrected chi connectivity index (χ1v) is 22.4. The maximum absolute atomic E-state index is 13.8. The summed E-state index contributed by atoms with van der Waals surface area (Å²) in [6, 6.07) is 23.5. The smallest absolute Gasteiger partial charge is 0.407 e. The Morgan fingerprint density at radius 1 is 0.844 bits per heavy atom. The Bertz CT molecular complexity index is 2620. The maximum Gasteiger partial charge on any atom is 0.407 e. The second-order valence-corrected chi connectivity index (χ2v) is 18.0. The number of nitrogens with one attached hydrogen (secondary N) is 5. The molecule has 5 N–H and O–H groups in total. The summed E-state index contributed by atoms with van der Waals surface area (Å²) in [5, 5.41) is 13.8. The zero-order valence-electron chi connectivity index (χ0n) is 37.2. The van der Waals surface area contributed by atoms with Crippen LogP contribution >= 0.6 is 0 Å². The lowest BCUT2D eigenvalue weighted by Gasteiger charge is -2.34. The van der Waals surface area contributed by atoms with Gasteiger partial charge in [0.2, 0.25) is 23.9 Å². The summed E-state index contributed by atoms with van der Waals surface area (Å²) in [6.07, 6.45) is 5.89. The Kier molecular flexibility index (Phi) is 11.6. The molecule has 15 nitrogen and oxygen atoms in total. The average Bonchev–Trinajstić information content (AvgIpc) is 4.15. The highest BCUT2D eigenvalue weighted by Gasteiger charge is 2.41. The van der Waals surface area contributed by atoms with E-state index in [0.717, 1.165) is 81.7 Å². The van der Waals surface area contributed by atoms with Gasteiger partial charge in [-0.3, -0.25) is 14.4 Å². The third-order valence-electron chi connectivity index (χ3n) is 13.1. The van der Waals surface area contributed by atoms with Crippen LogP contribution in [0, 0.1) is 11.8 Å². The first-order valence-electron chi connectivity index (χ1n) is 22.4. The number of amides is 4. The monoisotopic (exact) mass is 867 g/mol. The van der Waals surface area contributed by atoms with Gasteiger partial charge in [0.1, 0.15) is 29.8 Å². The summed E-state index contributed by atoms with van der Waals surface area (Å²) in [5.41, 5.74) is 7.71. The number of alkyl carbamates (subject to hydrolysis) is 1. The molecule has 2 saturated heterocycles. The number of fused-ring (bicyclic) bond motifs is 5. The zero-order valence-corrected chi connectivity index (χ0v) is 37.2. The van der Waals surface area contributed by atoms with Crippen molar-refractivity contribution in [2.24, 2.45) is 11.8 Å². The number of ether oxygens (including phenoxy) is 2. The van der Waals surface area contributed by atoms with Crippen LogP contribution in [0.1, 0.15) is 89.5 Å². The molecular formula is C49H57N9O6. The van der Waals surface area contributed by atoms with Gasteiger partial charge in [0.15, 0.2) is 0 Å². The van der Waals surface area contributed by atoms with E-state index in [-0.39, 0.29) is 47.8 Å². The molecule has 9 rings (SSSR count). The minimum absolute atomic E-state index is 0.0343. The fourth-order valence-corrected chi connectivity index (χ4v) is 9.84. The Hall–Kier alpha value is -6.77. The number of hydrogen-bond acceptors (Lipinski definition) is 9. The van der Waals surface area contributed by atoms with Crippen LogP contribution in [0.25, 0.3) is 39.1 Å². The van der Waals surface area contributed by atoms with Gasteiger partial charge in [-0.1, -0.05) is 70.2 Å². The molecule has 0 spiro atoms. The fourth-order valence-electron chi connectivity index (χ4n) is 9.84. The van der Waals surface area contributed by atoms with Gasteiger partial charge >= 0.3 is 6.09 Å². The van der Waals surface area contributed by atoms with E-state index in [1.807, 2.05) is 68.1 Å². The Morgan fingerprint density at radius 2 is 1.56 bits per heavy atom. The van der Waals surface area contributed by atoms with Crippen LogP contribution in [0.4, 0.5) is 4.79 Å². The Balaban J connectivity index is 0.978. The molecule has 0 aliphatic carbocycles. The number of aromatic nitrogens is 3. The second kappa shape index (κ2) is 17.4. The molecule has 2 fully saturated rings. The summed E-state index contributed by atoms with van der Waals surface area (Å²) < 4.78 is 14.0. The number of rotatable bonds is 11. The molecule has 64 heavy (non-hydrogen) atoms. The number of aromatic amines is 1. The molecule has 5 aromatic rings. The van der Waals surface area contributed by atoms with Crippen molar-refractivity contribution in [2.45, 2.75) is 96.9 Å². The van der Waals surface area contributed by atoms with E-state index in [0.29, 0.717) is 18.9 Å². The van der Waals surface area contributed by atoms with E-state index in [2.05, 4.69) is 85.4 Å². The Labute approximate surface area is 373 Å². The van der Waals surface area contributed by atoms with Crippen LogP contribution in [0.3, 0.4) is 0 Å². The number of carbonyl (C=O) groups is 4. The minimum Gasteiger partial charge on any atom is -0.465 e. The van der Waals surface area contributed by atoms with Crippen molar-refractivity contribution in [1.29, 1.82) is 0 Å². The predicted octanol–water partition coefficient (Wildman–Crippen LogP) is 6.65. The molecular weight excluding hydrogens is 811 g/mol. The second-order valence-electron chi connectivity index (χ2n) is 18.0. The average molecular weight is 868 g/mol. The van der Waals surface area contributed by atoms with Crippen molar-refractivity contribution < 1.29 is 28.7 Å². The van der Waals surface area contributed by atoms with Crippen LogP contribution in [0.2, 0.25) is 0 Å². The van der Waals surface area contributed by atoms with Crippen molar-refractivity contribution in [3.8, 4) is 28.3 Å². The molecule has 0 bridgehead atoms. The fraction of sp³-hybridized carbons (Fsp3) is 0.408. The standard InChI is InChI=1S/C49H57N9O6/c1-27(2)42(52-29(5)59)46(60)56-20-10-14-38(56)45-51-26-36(54-45)32-16-18-34-40-23-33-22-31(17-19-37(33)58(40)48(64-41(34)24-32)30-12-8-7-9-13-30)35-25-50-44(53-35)39-15-11-21-57(39)47(61)43(28(3)4)55-49(62)63-6/h7-9,12-13,16-19,22-28,38-39,42-43,45,48,51,54H,10-11,14-15,20-21H2,1-6H3,(H,50,53)(H,52,59)(H,55,62)/t38?,39-,42-,43-,45?,48-/m0/s1. The van der Waals surface area contributed by atoms with Gasteiger partial charge in [-0.05, 0) is 67.9 Å². The highest BCUT2D eigenvalue weighted by molar-refractivity contribution is 5.93. The zero-order chi connectivity index (χ0) is 44.8. The molecule has 0 saturated carbocycles. The maximum atomic E-state index is 13.8. The van der Waals surface area contributed by atoms with Crippen molar-refractivity contribution in [3.05, 3.63) is 102 Å². The normalized spacial score (nSPS) is 21.1. The molecule has 4 aliphatic rings. The molecule has 15 heteroatoms. The van der Waals surface area contributed by atoms with Gasteiger partial charge in [0.25, 0.3) is 0 Å². The van der Waals surface area contributed by atoms with E-state index < -0.39 is 24.4 Å². The highest BCUT2D eigenvalue weighted by atomic mass is 16.5. The van der Waals surface area contributed by atoms with Crippen LogP contribution < -0.4 is 26.0 Å². The van der Waals surface area contributed by atoms with Crippen LogP contribution in [0.15, 0.2) is 85.2 Å². The van der Waals surface area contributed by atoms with E-state index in [9.17, 15) is 19.2 Å². The first-order chi connectivity index (χ1) is 30.9. The number of imidazole rings is 1. The molecule has 2 aromatic heterocycles. The number of hydrogen-bond donors (Lipinski definition) is 5. The number of methoxy groups -OCH3 is 1. The topological polar surface area (TPSA) is 175 Å². The third-order valence-corrected chi connectivity index (χ3v) is 13.1. The quantitative estimate of drug-likeness (QED) is 0.0974. The van der Waals surface area contributed by atoms with Crippen LogP contribution in [-0.4, -0.2) is 92.6 Å². The molecule has 4 aliphatic heterocycles. The van der Waals surface area contributed by atoms with Gasteiger partial charge in [0.05, 0.1) is 48.0 Å². The Morgan fingerprint density at radius 3 is 2.31 bits per heavy atom. The third kappa shape index (κ3) is 7.92. The summed E-state index contributed by atoms with van der Waals surface area (Å²) in [5.74, 6) is 0.909. The molecule has 6 atom stereocenters. The summed E-state index contributed by atoms with van der Waals surface area (Å²) in [7, 11) is 1.29. The van der Waals surface area contributed by atoms with Crippen molar-refractivity contribution in [1.82, 2.24) is 45.6 Å². The predicted molar refractivity (Wildman–Crippen MR) is 243 cm³/mol. The van der Waals surface area contributed by atoms with Crippen molar-refractivity contribution >= 4 is 40.4 Å². The van der Waals surface area contributed by atoms with Gasteiger partial charge in [-0.2, -0.15) is 0 Å². The summed E-state index contributed by atoms with van der Waals surface area (Å²) in [4.78, 5) is 63.6. The first kappa shape index (κ1) is 42.5. The van der Waals surface area contributed by atoms with Gasteiger partial charge in [0, 0.05) is 53.9 Å². The lowest BCUT2D eigenvalue weighted by molar-refractivity contribution is -0.138. The van der Waals surface area contributed by atoms with Crippen molar-refractivity contribution in [2.75, 3.05) is 20.2 Å². The number of benzene rings is 3. The molecule has 3 aromatic carbocycles. The van der Waals surface area contributed by atoms with Gasteiger partial charge in [-0.15, -0.1) is 0 Å². The lowest BCUT2D eigenvalue weighted by Crippen LogP contribution is -2.57. The number of nitrogens with zero attached hydrogens (tertiary/aromatic N) is 4. The van der Waals surface area contributed by atoms with Gasteiger partial charge < -0.3 is 50.1 Å². The van der Waals surface area contributed by atoms with Crippen LogP contribution in [-0.2, 0) is 19.1 Å². The SMILES string of the molecule is COC(=O)N[C@H](C(=O)N1CCC[C@H]1c1ncc(-c2ccc3c(c2)cc2n3[C@H](c3ccccc3)Oc3cc(C4=CNC(C5CCCN5C(=O)[C@@H](NC(C)=O)C(C)C)N4)ccc3-2)[nH]1)C(C)C. The number of likely N-dealkylation sites (tertiary alicyclic amines) is 2. The molecule has 2 unspecified atom stereocenters. The van der Waals surface area contributed by atoms with E-state index in [4.69, 9.17) is 14.5 Å². The van der Waals surface area contributed by atoms with E-state index >= 15 is 0 Å². The molecule has 4 amide bonds. The minimum atomic E-state index is -0.708. The summed E-state index contributed by atoms with van der Waals surface area (Å²) >= 11 is 0. The van der Waals surface area contributed by atoms with E-state index in [1.165, 1.54) is 14.0 Å². The number of carbonyl (C=O) groups excluding carboxylic acids is 4. The highest BCUT2D eigenvalue weighted by Crippen LogP contribution is 2.46. The van der Waals surface area contributed by atoms with Crippen LogP contribution in [0.5, 0.6) is 5.75 Å². The molecule has 334 valence electrons. The van der Waals surface area contributed by atoms with Crippen molar-refractivity contribution in [3.63, 3.8) is 0 Å². The number of H-pyrrole nitrogens is 1. The molecule has 6 heterocycles. The largest absolute Gasteiger partial charge is 0.465 e. The summed E-state index contributed by atoms with van der Waals surface area (Å²) in [6.45, 7) is 10.4. The lowest BCUT2D eigenvalue weighted by atomic mass is 10.0. The van der Waals surface area contributed by atoms with E-state index in [1.54, 1.807) is 0 Å². The van der Waals surface area contributed by atoms with Gasteiger partial charge in [-0.25, -0.2) is 9.78 Å².